The zero-order valence-electron chi connectivity index (χ0n) is 14.5. The summed E-state index contributed by atoms with van der Waals surface area (Å²) in [5.74, 6) is 1.46. The van der Waals surface area contributed by atoms with E-state index in [1.54, 1.807) is 11.1 Å². The smallest absolute Gasteiger partial charge is 0.00389 e. The van der Waals surface area contributed by atoms with Gasteiger partial charge in [0.1, 0.15) is 0 Å². The third kappa shape index (κ3) is 2.26. The third-order valence-corrected chi connectivity index (χ3v) is 6.75. The molecule has 3 atom stereocenters. The molecule has 0 saturated heterocycles. The zero-order valence-corrected chi connectivity index (χ0v) is 14.5. The molecule has 0 nitrogen and oxygen atoms in total. The molecule has 1 saturated carbocycles. The molecule has 0 heteroatoms. The highest BCUT2D eigenvalue weighted by Gasteiger charge is 2.50. The Balaban J connectivity index is 2.05. The van der Waals surface area contributed by atoms with E-state index in [2.05, 4.69) is 59.2 Å². The average Bonchev–Trinajstić information content (AvgIpc) is 2.46. The molecule has 3 unspecified atom stereocenters. The summed E-state index contributed by atoms with van der Waals surface area (Å²) >= 11 is 0. The second-order valence-electron chi connectivity index (χ2n) is 8.23. The van der Waals surface area contributed by atoms with E-state index in [4.69, 9.17) is 0 Å². The Hall–Kier alpha value is -0.780. The molecule has 21 heavy (non-hydrogen) atoms. The first-order valence-electron chi connectivity index (χ1n) is 8.84. The van der Waals surface area contributed by atoms with E-state index in [0.29, 0.717) is 16.7 Å². The molecular formula is C21H31. The van der Waals surface area contributed by atoms with Gasteiger partial charge in [0.2, 0.25) is 0 Å². The highest BCUT2D eigenvalue weighted by Crippen LogP contribution is 2.58. The molecule has 0 bridgehead atoms. The van der Waals surface area contributed by atoms with Crippen molar-refractivity contribution in [1.29, 1.82) is 0 Å². The van der Waals surface area contributed by atoms with Crippen molar-refractivity contribution in [1.82, 2.24) is 0 Å². The number of fused-ring (bicyclic) bond motifs is 3. The predicted molar refractivity (Wildman–Crippen MR) is 91.6 cm³/mol. The Kier molecular flexibility index (Phi) is 3.71. The molecule has 1 fully saturated rings. The molecule has 115 valence electrons. The standard InChI is InChI=1S/C21H31/c1-6-20(4)12-7-13-21(5)18-10-8-16(15(2)3)14-17(18)9-11-19(20)21/h6,8,10,14-15,19H,7,9,11-13H2,1-5H3. The summed E-state index contributed by atoms with van der Waals surface area (Å²) in [7, 11) is 0. The summed E-state index contributed by atoms with van der Waals surface area (Å²) in [6.45, 7) is 11.9. The molecule has 2 aliphatic carbocycles. The van der Waals surface area contributed by atoms with Crippen molar-refractivity contribution in [2.24, 2.45) is 11.3 Å². The summed E-state index contributed by atoms with van der Waals surface area (Å²) in [5.41, 5.74) is 5.64. The van der Waals surface area contributed by atoms with Crippen LogP contribution in [0.4, 0.5) is 0 Å². The molecule has 1 aromatic carbocycles. The van der Waals surface area contributed by atoms with Gasteiger partial charge in [-0.1, -0.05) is 59.2 Å². The summed E-state index contributed by atoms with van der Waals surface area (Å²) in [4.78, 5) is 0. The van der Waals surface area contributed by atoms with E-state index in [0.717, 1.165) is 5.92 Å². The van der Waals surface area contributed by atoms with Gasteiger partial charge in [0.15, 0.2) is 0 Å². The van der Waals surface area contributed by atoms with Crippen LogP contribution in [0, 0.1) is 17.8 Å². The quantitative estimate of drug-likeness (QED) is 0.620. The lowest BCUT2D eigenvalue weighted by Crippen LogP contribution is -2.49. The van der Waals surface area contributed by atoms with Gasteiger partial charge in [-0.15, -0.1) is 0 Å². The van der Waals surface area contributed by atoms with Gasteiger partial charge >= 0.3 is 0 Å². The molecule has 0 amide bonds. The van der Waals surface area contributed by atoms with Crippen LogP contribution < -0.4 is 0 Å². The summed E-state index contributed by atoms with van der Waals surface area (Å²) < 4.78 is 0. The predicted octanol–water partition coefficient (Wildman–Crippen LogP) is 6.04. The fourth-order valence-corrected chi connectivity index (χ4v) is 5.27. The molecule has 0 N–H and O–H groups in total. The van der Waals surface area contributed by atoms with Crippen molar-refractivity contribution in [3.63, 3.8) is 0 Å². The van der Waals surface area contributed by atoms with Crippen LogP contribution in [0.1, 0.15) is 82.9 Å². The molecule has 0 aromatic heterocycles. The molecule has 1 aromatic rings. The van der Waals surface area contributed by atoms with E-state index >= 15 is 0 Å². The SMILES string of the molecule is C[CH]C1(C)CCCC2(C)c3ccc(C(C)C)cc3CCC12. The fourth-order valence-electron chi connectivity index (χ4n) is 5.27. The minimum atomic E-state index is 0.391. The number of benzene rings is 1. The van der Waals surface area contributed by atoms with Crippen LogP contribution in [-0.4, -0.2) is 0 Å². The molecule has 2 aliphatic rings. The maximum atomic E-state index is 2.55. The topological polar surface area (TPSA) is 0 Å². The van der Waals surface area contributed by atoms with E-state index in [1.165, 1.54) is 37.7 Å². The van der Waals surface area contributed by atoms with Crippen LogP contribution in [0.5, 0.6) is 0 Å². The summed E-state index contributed by atoms with van der Waals surface area (Å²) in [6.07, 6.45) is 9.27. The second kappa shape index (κ2) is 5.14. The van der Waals surface area contributed by atoms with E-state index in [-0.39, 0.29) is 0 Å². The maximum absolute atomic E-state index is 2.55. The normalized spacial score (nSPS) is 35.4. The molecule has 0 spiro atoms. The van der Waals surface area contributed by atoms with Gasteiger partial charge < -0.3 is 0 Å². The van der Waals surface area contributed by atoms with Gasteiger partial charge in [-0.3, -0.25) is 0 Å². The molecule has 0 heterocycles. The fraction of sp³-hybridized carbons (Fsp3) is 0.667. The Morgan fingerprint density at radius 2 is 1.95 bits per heavy atom. The van der Waals surface area contributed by atoms with Crippen LogP contribution in [-0.2, 0) is 11.8 Å². The van der Waals surface area contributed by atoms with Crippen LogP contribution in [0.2, 0.25) is 0 Å². The van der Waals surface area contributed by atoms with E-state index in [9.17, 15) is 0 Å². The summed E-state index contributed by atoms with van der Waals surface area (Å²) in [6, 6.07) is 7.36. The monoisotopic (exact) mass is 283 g/mol. The Labute approximate surface area is 131 Å². The second-order valence-corrected chi connectivity index (χ2v) is 8.23. The van der Waals surface area contributed by atoms with Crippen molar-refractivity contribution in [3.8, 4) is 0 Å². The lowest BCUT2D eigenvalue weighted by Gasteiger charge is -2.55. The van der Waals surface area contributed by atoms with Crippen LogP contribution in [0.15, 0.2) is 18.2 Å². The summed E-state index contributed by atoms with van der Waals surface area (Å²) in [5, 5.41) is 0. The zero-order chi connectivity index (χ0) is 15.3. The molecule has 1 radical (unpaired) electrons. The van der Waals surface area contributed by atoms with Gasteiger partial charge in [-0.05, 0) is 71.5 Å². The Morgan fingerprint density at radius 1 is 1.19 bits per heavy atom. The number of aryl methyl sites for hydroxylation is 1. The van der Waals surface area contributed by atoms with Gasteiger partial charge in [-0.2, -0.15) is 0 Å². The van der Waals surface area contributed by atoms with Crippen molar-refractivity contribution >= 4 is 0 Å². The largest absolute Gasteiger partial charge is 0.0617 e. The van der Waals surface area contributed by atoms with Crippen molar-refractivity contribution < 1.29 is 0 Å². The van der Waals surface area contributed by atoms with Gasteiger partial charge in [-0.25, -0.2) is 0 Å². The van der Waals surface area contributed by atoms with Gasteiger partial charge in [0.25, 0.3) is 0 Å². The first-order chi connectivity index (χ1) is 9.90. The third-order valence-electron chi connectivity index (χ3n) is 6.75. The first-order valence-corrected chi connectivity index (χ1v) is 8.84. The van der Waals surface area contributed by atoms with Crippen molar-refractivity contribution in [3.05, 3.63) is 41.3 Å². The van der Waals surface area contributed by atoms with Crippen molar-refractivity contribution in [2.45, 2.75) is 78.1 Å². The van der Waals surface area contributed by atoms with E-state index < -0.39 is 0 Å². The lowest BCUT2D eigenvalue weighted by atomic mass is 9.49. The Morgan fingerprint density at radius 3 is 2.62 bits per heavy atom. The van der Waals surface area contributed by atoms with Gasteiger partial charge in [0, 0.05) is 0 Å². The van der Waals surface area contributed by atoms with E-state index in [1.807, 2.05) is 0 Å². The Bertz CT molecular complexity index is 527. The lowest BCUT2D eigenvalue weighted by molar-refractivity contribution is 0.0512. The van der Waals surface area contributed by atoms with Crippen LogP contribution >= 0.6 is 0 Å². The first kappa shape index (κ1) is 15.1. The molecule has 0 aliphatic heterocycles. The average molecular weight is 283 g/mol. The minimum Gasteiger partial charge on any atom is -0.0617 e. The highest BCUT2D eigenvalue weighted by atomic mass is 14.5. The highest BCUT2D eigenvalue weighted by molar-refractivity contribution is 5.42. The number of rotatable bonds is 2. The van der Waals surface area contributed by atoms with Crippen LogP contribution in [0.25, 0.3) is 0 Å². The van der Waals surface area contributed by atoms with Crippen LogP contribution in [0.3, 0.4) is 0 Å². The maximum Gasteiger partial charge on any atom is -0.00389 e. The molecular weight excluding hydrogens is 252 g/mol. The minimum absolute atomic E-state index is 0.391. The number of hydrogen-bond acceptors (Lipinski definition) is 0. The number of hydrogen-bond donors (Lipinski definition) is 0. The van der Waals surface area contributed by atoms with Crippen molar-refractivity contribution in [2.75, 3.05) is 0 Å². The van der Waals surface area contributed by atoms with Gasteiger partial charge in [0.05, 0.1) is 0 Å². The molecule has 3 rings (SSSR count).